The van der Waals surface area contributed by atoms with E-state index >= 15 is 0 Å². The van der Waals surface area contributed by atoms with E-state index in [-0.39, 0.29) is 38.8 Å². The van der Waals surface area contributed by atoms with Gasteiger partial charge in [0.2, 0.25) is 0 Å². The summed E-state index contributed by atoms with van der Waals surface area (Å²) in [4.78, 5) is 16.6. The molecule has 0 bridgehead atoms. The highest BCUT2D eigenvalue weighted by atomic mass is 35.5. The summed E-state index contributed by atoms with van der Waals surface area (Å²) >= 11 is 11.9. The summed E-state index contributed by atoms with van der Waals surface area (Å²) in [7, 11) is 0. The third kappa shape index (κ3) is 2.26. The number of fused-ring (bicyclic) bond motifs is 1. The summed E-state index contributed by atoms with van der Waals surface area (Å²) in [5, 5.41) is 13.9. The normalized spacial score (nSPS) is 11.2. The van der Waals surface area contributed by atoms with Crippen LogP contribution in [0.5, 0.6) is 5.75 Å². The number of aryl methyl sites for hydroxylation is 1. The topological polar surface area (TPSA) is 81.2 Å². The molecule has 1 aromatic carbocycles. The van der Waals surface area contributed by atoms with Gasteiger partial charge >= 0.3 is 0 Å². The molecule has 2 aromatic heterocycles. The SMILES string of the molecule is Cc1nocc1Cn1cnc2c(O)c(Cl)cc(Cl)c2c1=O. The second-order valence-corrected chi connectivity index (χ2v) is 5.33. The first-order valence-corrected chi connectivity index (χ1v) is 6.70. The van der Waals surface area contributed by atoms with E-state index in [1.165, 1.54) is 23.2 Å². The fourth-order valence-electron chi connectivity index (χ4n) is 2.01. The molecule has 0 atom stereocenters. The number of hydrogen-bond acceptors (Lipinski definition) is 5. The van der Waals surface area contributed by atoms with Crippen LogP contribution < -0.4 is 5.56 Å². The van der Waals surface area contributed by atoms with Crippen LogP contribution in [0.3, 0.4) is 0 Å². The predicted octanol–water partition coefficient (Wildman–Crippen LogP) is 2.75. The third-order valence-corrected chi connectivity index (χ3v) is 3.76. The van der Waals surface area contributed by atoms with E-state index in [0.717, 1.165) is 5.56 Å². The van der Waals surface area contributed by atoms with Gasteiger partial charge in [-0.2, -0.15) is 0 Å². The van der Waals surface area contributed by atoms with Crippen molar-refractivity contribution in [1.82, 2.24) is 14.7 Å². The van der Waals surface area contributed by atoms with Crippen molar-refractivity contribution >= 4 is 34.1 Å². The maximum atomic E-state index is 12.5. The van der Waals surface area contributed by atoms with Crippen LogP contribution in [0.4, 0.5) is 0 Å². The molecule has 0 unspecified atom stereocenters. The molecule has 0 spiro atoms. The van der Waals surface area contributed by atoms with Crippen LogP contribution in [-0.2, 0) is 6.54 Å². The van der Waals surface area contributed by atoms with E-state index in [4.69, 9.17) is 27.7 Å². The second-order valence-electron chi connectivity index (χ2n) is 4.52. The van der Waals surface area contributed by atoms with Crippen molar-refractivity contribution in [1.29, 1.82) is 0 Å². The minimum absolute atomic E-state index is 0.0482. The van der Waals surface area contributed by atoms with E-state index in [9.17, 15) is 9.90 Å². The van der Waals surface area contributed by atoms with Crippen molar-refractivity contribution in [3.63, 3.8) is 0 Å². The molecule has 6 nitrogen and oxygen atoms in total. The van der Waals surface area contributed by atoms with Gasteiger partial charge in [-0.3, -0.25) is 9.36 Å². The molecule has 0 aliphatic heterocycles. The van der Waals surface area contributed by atoms with Crippen LogP contribution in [0.1, 0.15) is 11.3 Å². The summed E-state index contributed by atoms with van der Waals surface area (Å²) in [6.07, 6.45) is 2.79. The van der Waals surface area contributed by atoms with E-state index in [2.05, 4.69) is 10.1 Å². The maximum absolute atomic E-state index is 12.5. The molecular weight excluding hydrogens is 317 g/mol. The van der Waals surface area contributed by atoms with Crippen molar-refractivity contribution < 1.29 is 9.63 Å². The highest BCUT2D eigenvalue weighted by Crippen LogP contribution is 2.34. The number of rotatable bonds is 2. The molecule has 0 saturated carbocycles. The lowest BCUT2D eigenvalue weighted by Gasteiger charge is -2.08. The summed E-state index contributed by atoms with van der Waals surface area (Å²) in [5.74, 6) is -0.263. The van der Waals surface area contributed by atoms with Gasteiger partial charge in [0, 0.05) is 5.56 Å². The average molecular weight is 326 g/mol. The number of aromatic nitrogens is 3. The van der Waals surface area contributed by atoms with Gasteiger partial charge in [-0.1, -0.05) is 28.4 Å². The van der Waals surface area contributed by atoms with Crippen LogP contribution in [0, 0.1) is 6.92 Å². The molecule has 0 aliphatic carbocycles. The molecular formula is C13H9Cl2N3O3. The molecule has 0 fully saturated rings. The Hall–Kier alpha value is -2.05. The molecule has 0 saturated heterocycles. The number of phenols is 1. The standard InChI is InChI=1S/C13H9Cl2N3O3/c1-6-7(4-21-17-6)3-18-5-16-11-10(13(18)20)8(14)2-9(15)12(11)19/h2,4-5,19H,3H2,1H3. The molecule has 2 heterocycles. The van der Waals surface area contributed by atoms with Gasteiger partial charge in [0.05, 0.1) is 34.0 Å². The Morgan fingerprint density at radius 2 is 2.14 bits per heavy atom. The Balaban J connectivity index is 2.22. The lowest BCUT2D eigenvalue weighted by atomic mass is 10.2. The molecule has 0 aliphatic rings. The number of hydrogen-bond donors (Lipinski definition) is 1. The highest BCUT2D eigenvalue weighted by molar-refractivity contribution is 6.39. The largest absolute Gasteiger partial charge is 0.504 e. The first kappa shape index (κ1) is 13.9. The van der Waals surface area contributed by atoms with E-state index < -0.39 is 0 Å². The zero-order valence-corrected chi connectivity index (χ0v) is 12.3. The number of phenolic OH excluding ortho intramolecular Hbond substituents is 1. The highest BCUT2D eigenvalue weighted by Gasteiger charge is 2.16. The van der Waals surface area contributed by atoms with E-state index in [1.807, 2.05) is 0 Å². The zero-order valence-electron chi connectivity index (χ0n) is 10.8. The first-order valence-electron chi connectivity index (χ1n) is 5.95. The fourth-order valence-corrected chi connectivity index (χ4v) is 2.54. The van der Waals surface area contributed by atoms with E-state index in [0.29, 0.717) is 5.69 Å². The van der Waals surface area contributed by atoms with Crippen LogP contribution in [0.15, 0.2) is 28.0 Å². The Morgan fingerprint density at radius 3 is 2.81 bits per heavy atom. The van der Waals surface area contributed by atoms with Gasteiger partial charge in [-0.05, 0) is 13.0 Å². The molecule has 0 amide bonds. The van der Waals surface area contributed by atoms with Gasteiger partial charge in [0.25, 0.3) is 5.56 Å². The fraction of sp³-hybridized carbons (Fsp3) is 0.154. The van der Waals surface area contributed by atoms with Crippen molar-refractivity contribution in [2.75, 3.05) is 0 Å². The van der Waals surface area contributed by atoms with Crippen LogP contribution in [0.2, 0.25) is 10.0 Å². The smallest absolute Gasteiger partial charge is 0.263 e. The van der Waals surface area contributed by atoms with Gasteiger partial charge in [0.1, 0.15) is 11.8 Å². The van der Waals surface area contributed by atoms with Crippen LogP contribution in [-0.4, -0.2) is 19.8 Å². The summed E-state index contributed by atoms with van der Waals surface area (Å²) < 4.78 is 6.20. The van der Waals surface area contributed by atoms with Crippen molar-refractivity contribution in [2.45, 2.75) is 13.5 Å². The van der Waals surface area contributed by atoms with Gasteiger partial charge < -0.3 is 9.63 Å². The third-order valence-electron chi connectivity index (χ3n) is 3.17. The van der Waals surface area contributed by atoms with Crippen molar-refractivity contribution in [2.24, 2.45) is 0 Å². The molecule has 1 N–H and O–H groups in total. The summed E-state index contributed by atoms with van der Waals surface area (Å²) in [6.45, 7) is 2.02. The lowest BCUT2D eigenvalue weighted by molar-refractivity contribution is 0.414. The molecule has 8 heteroatoms. The van der Waals surface area contributed by atoms with E-state index in [1.54, 1.807) is 6.92 Å². The Morgan fingerprint density at radius 1 is 1.38 bits per heavy atom. The molecule has 0 radical (unpaired) electrons. The Kier molecular flexibility index (Phi) is 3.35. The van der Waals surface area contributed by atoms with Gasteiger partial charge in [-0.15, -0.1) is 0 Å². The molecule has 3 rings (SSSR count). The van der Waals surface area contributed by atoms with Crippen LogP contribution in [0.25, 0.3) is 10.9 Å². The summed E-state index contributed by atoms with van der Waals surface area (Å²) in [5.41, 5.74) is 1.15. The quantitative estimate of drug-likeness (QED) is 0.783. The average Bonchev–Trinajstić information content (AvgIpc) is 2.84. The van der Waals surface area contributed by atoms with Gasteiger partial charge in [0.15, 0.2) is 5.75 Å². The Labute approximate surface area is 128 Å². The number of halogens is 2. The molecule has 108 valence electrons. The van der Waals surface area contributed by atoms with Crippen molar-refractivity contribution in [3.8, 4) is 5.75 Å². The number of benzene rings is 1. The zero-order chi connectivity index (χ0) is 15.1. The summed E-state index contributed by atoms with van der Waals surface area (Å²) in [6, 6.07) is 1.32. The van der Waals surface area contributed by atoms with Crippen LogP contribution >= 0.6 is 23.2 Å². The first-order chi connectivity index (χ1) is 9.99. The minimum atomic E-state index is -0.377. The molecule has 3 aromatic rings. The lowest BCUT2D eigenvalue weighted by Crippen LogP contribution is -2.21. The second kappa shape index (κ2) is 5.05. The van der Waals surface area contributed by atoms with Crippen molar-refractivity contribution in [3.05, 3.63) is 50.3 Å². The maximum Gasteiger partial charge on any atom is 0.263 e. The predicted molar refractivity (Wildman–Crippen MR) is 78.0 cm³/mol. The number of aromatic hydroxyl groups is 1. The number of nitrogens with zero attached hydrogens (tertiary/aromatic N) is 3. The monoisotopic (exact) mass is 325 g/mol. The Bertz CT molecular complexity index is 902. The molecule has 21 heavy (non-hydrogen) atoms. The van der Waals surface area contributed by atoms with Gasteiger partial charge in [-0.25, -0.2) is 4.98 Å². The minimum Gasteiger partial charge on any atom is -0.504 e.